The normalized spacial score (nSPS) is 14.6. The number of hydrogen-bond acceptors (Lipinski definition) is 4. The van der Waals surface area contributed by atoms with Crippen molar-refractivity contribution in [3.8, 4) is 16.8 Å². The van der Waals surface area contributed by atoms with E-state index in [0.29, 0.717) is 5.84 Å². The Bertz CT molecular complexity index is 2770. The molecule has 1 unspecified atom stereocenters. The molecule has 50 heavy (non-hydrogen) atoms. The van der Waals surface area contributed by atoms with Crippen molar-refractivity contribution < 1.29 is 4.42 Å². The second kappa shape index (κ2) is 11.5. The molecule has 0 amide bonds. The van der Waals surface area contributed by atoms with Gasteiger partial charge in [-0.2, -0.15) is 0 Å². The summed E-state index contributed by atoms with van der Waals surface area (Å²) >= 11 is 0. The van der Waals surface area contributed by atoms with Gasteiger partial charge in [-0.25, -0.2) is 9.98 Å². The average molecular weight is 643 g/mol. The summed E-state index contributed by atoms with van der Waals surface area (Å²) in [4.78, 5) is 9.99. The Morgan fingerprint density at radius 3 is 2.04 bits per heavy atom. The van der Waals surface area contributed by atoms with Gasteiger partial charge in [0.25, 0.3) is 0 Å². The maximum absolute atomic E-state index is 6.41. The topological polar surface area (TPSA) is 54.8 Å². The van der Waals surface area contributed by atoms with Gasteiger partial charge in [-0.1, -0.05) is 121 Å². The maximum atomic E-state index is 6.41. The Morgan fingerprint density at radius 1 is 0.520 bits per heavy atom. The molecule has 10 rings (SSSR count). The van der Waals surface area contributed by atoms with Gasteiger partial charge < -0.3 is 14.3 Å². The van der Waals surface area contributed by atoms with Crippen molar-refractivity contribution in [2.24, 2.45) is 9.98 Å². The monoisotopic (exact) mass is 642 g/mol. The highest BCUT2D eigenvalue weighted by Gasteiger charge is 2.21. The first-order valence-electron chi connectivity index (χ1n) is 16.9. The quantitative estimate of drug-likeness (QED) is 0.203. The van der Waals surface area contributed by atoms with Crippen molar-refractivity contribution >= 4 is 55.4 Å². The van der Waals surface area contributed by atoms with Crippen molar-refractivity contribution in [3.63, 3.8) is 0 Å². The first-order chi connectivity index (χ1) is 24.8. The van der Waals surface area contributed by atoms with E-state index >= 15 is 0 Å². The van der Waals surface area contributed by atoms with Crippen LogP contribution in [0.1, 0.15) is 22.9 Å². The molecule has 0 saturated carbocycles. The van der Waals surface area contributed by atoms with Gasteiger partial charge in [0, 0.05) is 43.9 Å². The fraction of sp³-hybridized carbons (Fsp3) is 0.0222. The zero-order chi connectivity index (χ0) is 33.0. The number of rotatable bonds is 5. The number of nitrogens with zero attached hydrogens (tertiary/aromatic N) is 3. The van der Waals surface area contributed by atoms with Gasteiger partial charge in [-0.15, -0.1) is 0 Å². The molecule has 9 aromatic rings. The lowest BCUT2D eigenvalue weighted by Gasteiger charge is -2.23. The van der Waals surface area contributed by atoms with Gasteiger partial charge in [0.05, 0.1) is 11.0 Å². The van der Waals surface area contributed by atoms with Crippen LogP contribution in [0.4, 0.5) is 0 Å². The lowest BCUT2D eigenvalue weighted by molar-refractivity contribution is 0.670. The van der Waals surface area contributed by atoms with Crippen LogP contribution >= 0.6 is 0 Å². The zero-order valence-corrected chi connectivity index (χ0v) is 27.0. The fourth-order valence-corrected chi connectivity index (χ4v) is 7.28. The van der Waals surface area contributed by atoms with Gasteiger partial charge in [0.2, 0.25) is 0 Å². The van der Waals surface area contributed by atoms with E-state index in [1.807, 2.05) is 48.5 Å². The smallest absolute Gasteiger partial charge is 0.159 e. The first kappa shape index (κ1) is 28.3. The van der Waals surface area contributed by atoms with Crippen LogP contribution in [0.2, 0.25) is 0 Å². The highest BCUT2D eigenvalue weighted by atomic mass is 16.3. The van der Waals surface area contributed by atoms with Crippen molar-refractivity contribution in [2.45, 2.75) is 6.17 Å². The van der Waals surface area contributed by atoms with E-state index < -0.39 is 0 Å². The molecule has 0 bridgehead atoms. The lowest BCUT2D eigenvalue weighted by atomic mass is 10.0. The van der Waals surface area contributed by atoms with E-state index in [-0.39, 0.29) is 6.17 Å². The number of nitrogens with one attached hydrogen (secondary N) is 1. The molecule has 236 valence electrons. The van der Waals surface area contributed by atoms with Crippen molar-refractivity contribution in [1.82, 2.24) is 9.88 Å². The van der Waals surface area contributed by atoms with Crippen LogP contribution in [0.25, 0.3) is 60.6 Å². The standard InChI is InChI=1S/C45H30N4O/c1-3-12-29(13-4-1)43-46-44(30-14-5-2-6-15-30)48-45(47-43)31-22-25-33(26-23-31)49-39-20-9-7-16-35(39)38-28-32(24-27-40(38)49)34-18-11-19-37-36-17-8-10-21-41(36)50-42(34)37/h1-28,43H,(H,46,47,48). The molecule has 1 aliphatic heterocycles. The van der Waals surface area contributed by atoms with Crippen LogP contribution in [0, 0.1) is 0 Å². The van der Waals surface area contributed by atoms with E-state index in [1.54, 1.807) is 0 Å². The molecule has 5 heteroatoms. The molecule has 0 aliphatic carbocycles. The summed E-state index contributed by atoms with van der Waals surface area (Å²) in [5.41, 5.74) is 10.5. The number of aliphatic imine (C=N–C) groups is 2. The predicted octanol–water partition coefficient (Wildman–Crippen LogP) is 10.8. The van der Waals surface area contributed by atoms with Gasteiger partial charge in [0.15, 0.2) is 5.84 Å². The highest BCUT2D eigenvalue weighted by Crippen LogP contribution is 2.39. The molecule has 0 saturated heterocycles. The van der Waals surface area contributed by atoms with Crippen LogP contribution < -0.4 is 5.32 Å². The summed E-state index contributed by atoms with van der Waals surface area (Å²) in [5.74, 6) is 1.51. The van der Waals surface area contributed by atoms with Crippen LogP contribution in [0.3, 0.4) is 0 Å². The van der Waals surface area contributed by atoms with E-state index in [2.05, 4.69) is 131 Å². The summed E-state index contributed by atoms with van der Waals surface area (Å²) < 4.78 is 8.76. The van der Waals surface area contributed by atoms with Crippen molar-refractivity contribution in [1.29, 1.82) is 0 Å². The third-order valence-electron chi connectivity index (χ3n) is 9.68. The van der Waals surface area contributed by atoms with Crippen LogP contribution in [-0.4, -0.2) is 16.2 Å². The second-order valence-electron chi connectivity index (χ2n) is 12.6. The minimum Gasteiger partial charge on any atom is -0.455 e. The van der Waals surface area contributed by atoms with Gasteiger partial charge in [-0.3, -0.25) is 0 Å². The molecule has 0 spiro atoms. The van der Waals surface area contributed by atoms with Gasteiger partial charge in [-0.05, 0) is 59.7 Å². The molecule has 0 fully saturated rings. The minimum absolute atomic E-state index is 0.240. The molecule has 7 aromatic carbocycles. The Labute approximate surface area is 288 Å². The van der Waals surface area contributed by atoms with Crippen LogP contribution in [0.15, 0.2) is 184 Å². The molecule has 1 N–H and O–H groups in total. The molecule has 1 atom stereocenters. The largest absolute Gasteiger partial charge is 0.455 e. The fourth-order valence-electron chi connectivity index (χ4n) is 7.28. The number of amidine groups is 2. The number of hydrogen-bond donors (Lipinski definition) is 1. The number of fused-ring (bicyclic) bond motifs is 6. The Morgan fingerprint density at radius 2 is 1.20 bits per heavy atom. The van der Waals surface area contributed by atoms with E-state index in [4.69, 9.17) is 14.4 Å². The van der Waals surface area contributed by atoms with Crippen LogP contribution in [-0.2, 0) is 0 Å². The van der Waals surface area contributed by atoms with E-state index in [1.165, 1.54) is 10.8 Å². The Balaban J connectivity index is 1.06. The van der Waals surface area contributed by atoms with Crippen molar-refractivity contribution in [3.05, 3.63) is 187 Å². The number of aromatic nitrogens is 1. The molecular formula is C45H30N4O. The van der Waals surface area contributed by atoms with E-state index in [0.717, 1.165) is 72.3 Å². The molecule has 5 nitrogen and oxygen atoms in total. The molecule has 0 radical (unpaired) electrons. The third kappa shape index (κ3) is 4.63. The average Bonchev–Trinajstić information content (AvgIpc) is 3.74. The number of para-hydroxylation sites is 3. The van der Waals surface area contributed by atoms with Crippen LogP contribution in [0.5, 0.6) is 0 Å². The molecule has 3 heterocycles. The van der Waals surface area contributed by atoms with Gasteiger partial charge >= 0.3 is 0 Å². The maximum Gasteiger partial charge on any atom is 0.159 e. The highest BCUT2D eigenvalue weighted by molar-refractivity contribution is 6.14. The summed E-state index contributed by atoms with van der Waals surface area (Å²) in [6.45, 7) is 0. The minimum atomic E-state index is -0.240. The van der Waals surface area contributed by atoms with Crippen molar-refractivity contribution in [2.75, 3.05) is 0 Å². The predicted molar refractivity (Wildman–Crippen MR) is 205 cm³/mol. The van der Waals surface area contributed by atoms with E-state index in [9.17, 15) is 0 Å². The molecular weight excluding hydrogens is 613 g/mol. The summed E-state index contributed by atoms with van der Waals surface area (Å²) in [6, 6.07) is 59.2. The second-order valence-corrected chi connectivity index (χ2v) is 12.6. The summed E-state index contributed by atoms with van der Waals surface area (Å²) in [6.07, 6.45) is -0.240. The Hall–Kier alpha value is -6.72. The zero-order valence-electron chi connectivity index (χ0n) is 27.0. The van der Waals surface area contributed by atoms with Gasteiger partial charge in [0.1, 0.15) is 23.2 Å². The molecule has 1 aliphatic rings. The summed E-state index contributed by atoms with van der Waals surface area (Å²) in [7, 11) is 0. The SMILES string of the molecule is c1ccc(C2=NC(c3ccccc3)NC(c3ccc(-n4c5ccccc5c5cc(-c6cccc7c6oc6ccccc67)ccc54)cc3)=N2)cc1. The summed E-state index contributed by atoms with van der Waals surface area (Å²) in [5, 5.41) is 8.27. The Kier molecular flexibility index (Phi) is 6.49. The third-order valence-corrected chi connectivity index (χ3v) is 9.68. The number of furan rings is 1. The lowest BCUT2D eigenvalue weighted by Crippen LogP contribution is -2.33. The molecule has 2 aromatic heterocycles. The first-order valence-corrected chi connectivity index (χ1v) is 16.9. The number of benzene rings is 7.